The van der Waals surface area contributed by atoms with Crippen molar-refractivity contribution in [1.29, 1.82) is 0 Å². The van der Waals surface area contributed by atoms with Gasteiger partial charge in [0.1, 0.15) is 5.82 Å². The number of para-hydroxylation sites is 2. The molecule has 1 saturated carbocycles. The van der Waals surface area contributed by atoms with Crippen LogP contribution in [-0.4, -0.2) is 33.4 Å². The first-order valence-electron chi connectivity index (χ1n) is 8.91. The number of imidazole rings is 1. The van der Waals surface area contributed by atoms with Gasteiger partial charge in [-0.25, -0.2) is 4.98 Å². The number of rotatable bonds is 3. The quantitative estimate of drug-likeness (QED) is 0.866. The molecule has 1 aliphatic carbocycles. The van der Waals surface area contributed by atoms with Crippen molar-refractivity contribution in [1.82, 2.24) is 14.5 Å². The van der Waals surface area contributed by atoms with E-state index in [0.717, 1.165) is 50.1 Å². The van der Waals surface area contributed by atoms with Crippen LogP contribution in [0.4, 0.5) is 0 Å². The summed E-state index contributed by atoms with van der Waals surface area (Å²) in [5, 5.41) is 0. The fourth-order valence-corrected chi connectivity index (χ4v) is 3.87. The topological polar surface area (TPSA) is 38.1 Å². The highest BCUT2D eigenvalue weighted by molar-refractivity contribution is 5.81. The molecular formula is C19H25N3O. The molecule has 122 valence electrons. The molecule has 2 aliphatic rings. The average Bonchev–Trinajstić information content (AvgIpc) is 3.33. The molecule has 2 aromatic rings. The van der Waals surface area contributed by atoms with E-state index >= 15 is 0 Å². The molecule has 1 amide bonds. The van der Waals surface area contributed by atoms with E-state index < -0.39 is 0 Å². The van der Waals surface area contributed by atoms with Gasteiger partial charge >= 0.3 is 0 Å². The summed E-state index contributed by atoms with van der Waals surface area (Å²) in [7, 11) is 0. The first kappa shape index (κ1) is 14.7. The predicted molar refractivity (Wildman–Crippen MR) is 91.4 cm³/mol. The normalized spacial score (nSPS) is 22.0. The average molecular weight is 311 g/mol. The van der Waals surface area contributed by atoms with Gasteiger partial charge in [0.25, 0.3) is 0 Å². The summed E-state index contributed by atoms with van der Waals surface area (Å²) in [4.78, 5) is 19.5. The van der Waals surface area contributed by atoms with Crippen molar-refractivity contribution in [2.75, 3.05) is 13.1 Å². The third-order valence-corrected chi connectivity index (χ3v) is 5.16. The number of carbonyl (C=O) groups excluding carboxylic acids is 1. The van der Waals surface area contributed by atoms with Crippen molar-refractivity contribution in [2.45, 2.75) is 51.5 Å². The van der Waals surface area contributed by atoms with Gasteiger partial charge in [0, 0.05) is 31.0 Å². The number of piperidine rings is 1. The zero-order valence-corrected chi connectivity index (χ0v) is 14.0. The predicted octanol–water partition coefficient (Wildman–Crippen LogP) is 3.73. The Morgan fingerprint density at radius 1 is 1.22 bits per heavy atom. The van der Waals surface area contributed by atoms with E-state index in [1.54, 1.807) is 0 Å². The number of carbonyl (C=O) groups is 1. The van der Waals surface area contributed by atoms with E-state index in [-0.39, 0.29) is 0 Å². The van der Waals surface area contributed by atoms with Crippen molar-refractivity contribution in [2.24, 2.45) is 5.92 Å². The zero-order chi connectivity index (χ0) is 16.0. The van der Waals surface area contributed by atoms with E-state index in [1.807, 2.05) is 6.07 Å². The molecule has 0 radical (unpaired) electrons. The summed E-state index contributed by atoms with van der Waals surface area (Å²) in [6, 6.07) is 8.76. The maximum Gasteiger partial charge on any atom is 0.225 e. The second-order valence-corrected chi connectivity index (χ2v) is 7.32. The number of benzene rings is 1. The largest absolute Gasteiger partial charge is 0.342 e. The number of aromatic nitrogens is 2. The Labute approximate surface area is 137 Å². The molecule has 1 aromatic carbocycles. The van der Waals surface area contributed by atoms with E-state index in [0.29, 0.717) is 23.8 Å². The van der Waals surface area contributed by atoms with Crippen LogP contribution in [0.25, 0.3) is 11.0 Å². The Balaban J connectivity index is 1.67. The van der Waals surface area contributed by atoms with Crippen LogP contribution >= 0.6 is 0 Å². The lowest BCUT2D eigenvalue weighted by Crippen LogP contribution is -2.40. The number of fused-ring (bicyclic) bond motifs is 1. The van der Waals surface area contributed by atoms with Gasteiger partial charge in [-0.1, -0.05) is 12.1 Å². The Morgan fingerprint density at radius 3 is 2.74 bits per heavy atom. The smallest absolute Gasteiger partial charge is 0.225 e. The summed E-state index contributed by atoms with van der Waals surface area (Å²) in [5.74, 6) is 2.22. The fourth-order valence-electron chi connectivity index (χ4n) is 3.87. The molecule has 1 aromatic heterocycles. The third-order valence-electron chi connectivity index (χ3n) is 5.16. The van der Waals surface area contributed by atoms with E-state index in [1.165, 1.54) is 5.52 Å². The summed E-state index contributed by atoms with van der Waals surface area (Å²) >= 11 is 0. The van der Waals surface area contributed by atoms with Crippen molar-refractivity contribution < 1.29 is 4.79 Å². The number of nitrogens with zero attached hydrogens (tertiary/aromatic N) is 3. The summed E-state index contributed by atoms with van der Waals surface area (Å²) in [6.45, 7) is 6.19. The van der Waals surface area contributed by atoms with Crippen molar-refractivity contribution in [3.8, 4) is 0 Å². The van der Waals surface area contributed by atoms with Gasteiger partial charge in [-0.3, -0.25) is 4.79 Å². The van der Waals surface area contributed by atoms with Gasteiger partial charge in [-0.15, -0.1) is 0 Å². The molecule has 4 nitrogen and oxygen atoms in total. The standard InChI is InChI=1S/C19H25N3O/c1-13(2)22-17-8-4-3-7-16(17)20-18(22)15-6-5-11-21(12-15)19(23)14-9-10-14/h3-4,7-8,13-15H,5-6,9-12H2,1-2H3/t15-/m0/s1. The minimum absolute atomic E-state index is 0.317. The molecule has 0 N–H and O–H groups in total. The maximum atomic E-state index is 12.4. The Kier molecular flexibility index (Phi) is 3.63. The van der Waals surface area contributed by atoms with Crippen molar-refractivity contribution in [3.63, 3.8) is 0 Å². The monoisotopic (exact) mass is 311 g/mol. The van der Waals surface area contributed by atoms with Gasteiger partial charge in [0.15, 0.2) is 0 Å². The first-order valence-corrected chi connectivity index (χ1v) is 8.91. The molecule has 0 spiro atoms. The second-order valence-electron chi connectivity index (χ2n) is 7.32. The van der Waals surface area contributed by atoms with E-state index in [4.69, 9.17) is 4.98 Å². The van der Waals surface area contributed by atoms with Gasteiger partial charge in [0.2, 0.25) is 5.91 Å². The highest BCUT2D eigenvalue weighted by Gasteiger charge is 2.36. The SMILES string of the molecule is CC(C)n1c([C@H]2CCCN(C(=O)C3CC3)C2)nc2ccccc21. The minimum Gasteiger partial charge on any atom is -0.342 e. The lowest BCUT2D eigenvalue weighted by atomic mass is 9.96. The van der Waals surface area contributed by atoms with Crippen LogP contribution in [0, 0.1) is 5.92 Å². The Bertz CT molecular complexity index is 729. The van der Waals surface area contributed by atoms with Crippen molar-refractivity contribution in [3.05, 3.63) is 30.1 Å². The molecule has 2 fully saturated rings. The van der Waals surface area contributed by atoms with Gasteiger partial charge < -0.3 is 9.47 Å². The molecule has 1 atom stereocenters. The van der Waals surface area contributed by atoms with Crippen molar-refractivity contribution >= 4 is 16.9 Å². The minimum atomic E-state index is 0.317. The molecular weight excluding hydrogens is 286 g/mol. The summed E-state index contributed by atoms with van der Waals surface area (Å²) in [5.41, 5.74) is 2.28. The number of hydrogen-bond acceptors (Lipinski definition) is 2. The molecule has 23 heavy (non-hydrogen) atoms. The lowest BCUT2D eigenvalue weighted by molar-refractivity contribution is -0.133. The summed E-state index contributed by atoms with van der Waals surface area (Å²) in [6.07, 6.45) is 4.39. The van der Waals surface area contributed by atoms with Gasteiger partial charge in [-0.2, -0.15) is 0 Å². The highest BCUT2D eigenvalue weighted by atomic mass is 16.2. The number of amides is 1. The van der Waals surface area contributed by atoms with E-state index in [9.17, 15) is 4.79 Å². The lowest BCUT2D eigenvalue weighted by Gasteiger charge is -2.33. The van der Waals surface area contributed by atoms with Crippen LogP contribution in [0.1, 0.15) is 57.3 Å². The Hall–Kier alpha value is -1.84. The van der Waals surface area contributed by atoms with Crippen LogP contribution in [-0.2, 0) is 4.79 Å². The van der Waals surface area contributed by atoms with Crippen LogP contribution in [0.15, 0.2) is 24.3 Å². The number of hydrogen-bond donors (Lipinski definition) is 0. The van der Waals surface area contributed by atoms with Gasteiger partial charge in [0.05, 0.1) is 11.0 Å². The molecule has 4 rings (SSSR count). The van der Waals surface area contributed by atoms with Crippen LogP contribution < -0.4 is 0 Å². The zero-order valence-electron chi connectivity index (χ0n) is 14.0. The molecule has 0 unspecified atom stereocenters. The molecule has 1 aliphatic heterocycles. The number of likely N-dealkylation sites (tertiary alicyclic amines) is 1. The Morgan fingerprint density at radius 2 is 2.00 bits per heavy atom. The summed E-state index contributed by atoms with van der Waals surface area (Å²) < 4.78 is 2.37. The van der Waals surface area contributed by atoms with Crippen LogP contribution in [0.2, 0.25) is 0 Å². The third kappa shape index (κ3) is 2.64. The molecule has 4 heteroatoms. The maximum absolute atomic E-state index is 12.4. The first-order chi connectivity index (χ1) is 11.1. The fraction of sp³-hybridized carbons (Fsp3) is 0.579. The second kappa shape index (κ2) is 5.66. The highest BCUT2D eigenvalue weighted by Crippen LogP contribution is 2.35. The molecule has 1 saturated heterocycles. The van der Waals surface area contributed by atoms with Crippen LogP contribution in [0.3, 0.4) is 0 Å². The van der Waals surface area contributed by atoms with Gasteiger partial charge in [-0.05, 0) is 51.7 Å². The molecule has 0 bridgehead atoms. The van der Waals surface area contributed by atoms with Crippen LogP contribution in [0.5, 0.6) is 0 Å². The van der Waals surface area contributed by atoms with E-state index in [2.05, 4.69) is 41.5 Å². The molecule has 2 heterocycles.